The molecule has 0 radical (unpaired) electrons. The van der Waals surface area contributed by atoms with Crippen LogP contribution in [-0.4, -0.2) is 44.3 Å². The van der Waals surface area contributed by atoms with Crippen molar-refractivity contribution in [3.8, 4) is 0 Å². The fourth-order valence-electron chi connectivity index (χ4n) is 1.87. The quantitative estimate of drug-likeness (QED) is 0.670. The van der Waals surface area contributed by atoms with E-state index in [4.69, 9.17) is 10.5 Å². The molecule has 0 bridgehead atoms. The van der Waals surface area contributed by atoms with Crippen LogP contribution in [0.5, 0.6) is 0 Å². The number of nitrogens with two attached hydrogens (primary N) is 1. The van der Waals surface area contributed by atoms with Crippen molar-refractivity contribution >= 4 is 0 Å². The Morgan fingerprint density at radius 2 is 2.43 bits per heavy atom. The second-order valence-corrected chi connectivity index (χ2v) is 3.97. The van der Waals surface area contributed by atoms with E-state index >= 15 is 0 Å². The van der Waals surface area contributed by atoms with Gasteiger partial charge in [-0.25, -0.2) is 0 Å². The highest BCUT2D eigenvalue weighted by molar-refractivity contribution is 5.08. The van der Waals surface area contributed by atoms with Crippen LogP contribution in [0.1, 0.15) is 19.8 Å². The third kappa shape index (κ3) is 3.40. The van der Waals surface area contributed by atoms with Gasteiger partial charge in [0.15, 0.2) is 0 Å². The highest BCUT2D eigenvalue weighted by atomic mass is 16.5. The van der Waals surface area contributed by atoms with Gasteiger partial charge in [0.1, 0.15) is 0 Å². The summed E-state index contributed by atoms with van der Waals surface area (Å²) in [6.07, 6.45) is 4.52. The highest BCUT2D eigenvalue weighted by Gasteiger charge is 2.16. The second kappa shape index (κ2) is 6.17. The van der Waals surface area contributed by atoms with E-state index in [0.29, 0.717) is 6.04 Å². The molecule has 0 amide bonds. The number of hydrogen-bond donors (Lipinski definition) is 1. The van der Waals surface area contributed by atoms with Crippen LogP contribution in [-0.2, 0) is 4.74 Å². The molecule has 1 aliphatic heterocycles. The van der Waals surface area contributed by atoms with Crippen molar-refractivity contribution < 1.29 is 4.74 Å². The van der Waals surface area contributed by atoms with E-state index in [1.165, 1.54) is 5.57 Å². The minimum Gasteiger partial charge on any atom is -0.380 e. The van der Waals surface area contributed by atoms with Gasteiger partial charge in [0, 0.05) is 26.2 Å². The molecule has 82 valence electrons. The van der Waals surface area contributed by atoms with E-state index in [1.807, 2.05) is 0 Å². The summed E-state index contributed by atoms with van der Waals surface area (Å²) >= 11 is 0. The first kappa shape index (κ1) is 11.7. The van der Waals surface area contributed by atoms with Gasteiger partial charge >= 0.3 is 0 Å². The standard InChI is InChI=1S/C11H22N2O/c1-10(3-6-12)13-7-4-11(5-8-13)9-14-2/h4,10H,3,5-9,12H2,1-2H3. The molecule has 1 unspecified atom stereocenters. The number of methoxy groups -OCH3 is 1. The lowest BCUT2D eigenvalue weighted by atomic mass is 10.1. The van der Waals surface area contributed by atoms with Crippen molar-refractivity contribution in [2.75, 3.05) is 33.4 Å². The zero-order valence-corrected chi connectivity index (χ0v) is 9.33. The molecule has 0 fully saturated rings. The summed E-state index contributed by atoms with van der Waals surface area (Å²) < 4.78 is 5.12. The van der Waals surface area contributed by atoms with Gasteiger partial charge in [0.2, 0.25) is 0 Å². The Morgan fingerprint density at radius 3 is 2.93 bits per heavy atom. The van der Waals surface area contributed by atoms with E-state index in [9.17, 15) is 0 Å². The molecule has 0 aromatic rings. The highest BCUT2D eigenvalue weighted by Crippen LogP contribution is 2.14. The minimum atomic E-state index is 0.611. The molecule has 2 N–H and O–H groups in total. The normalized spacial score (nSPS) is 20.6. The fraction of sp³-hybridized carbons (Fsp3) is 0.818. The zero-order chi connectivity index (χ0) is 10.4. The van der Waals surface area contributed by atoms with Gasteiger partial charge in [-0.05, 0) is 31.9 Å². The Bertz CT molecular complexity index is 192. The first-order chi connectivity index (χ1) is 6.77. The van der Waals surface area contributed by atoms with Gasteiger partial charge in [-0.15, -0.1) is 0 Å². The molecule has 14 heavy (non-hydrogen) atoms. The smallest absolute Gasteiger partial charge is 0.0673 e. The summed E-state index contributed by atoms with van der Waals surface area (Å²) in [5.41, 5.74) is 6.98. The average Bonchev–Trinajstić information content (AvgIpc) is 2.20. The van der Waals surface area contributed by atoms with Crippen LogP contribution in [0, 0.1) is 0 Å². The van der Waals surface area contributed by atoms with E-state index in [-0.39, 0.29) is 0 Å². The molecule has 0 saturated carbocycles. The van der Waals surface area contributed by atoms with Gasteiger partial charge in [0.05, 0.1) is 6.61 Å². The Morgan fingerprint density at radius 1 is 1.64 bits per heavy atom. The molecule has 0 aromatic heterocycles. The lowest BCUT2D eigenvalue weighted by molar-refractivity contribution is 0.191. The third-order valence-electron chi connectivity index (χ3n) is 2.87. The van der Waals surface area contributed by atoms with Crippen molar-refractivity contribution in [2.24, 2.45) is 5.73 Å². The lowest BCUT2D eigenvalue weighted by Crippen LogP contribution is -2.38. The van der Waals surface area contributed by atoms with Crippen molar-refractivity contribution in [3.05, 3.63) is 11.6 Å². The Balaban J connectivity index is 2.34. The molecule has 1 heterocycles. The summed E-state index contributed by atoms with van der Waals surface area (Å²) in [6.45, 7) is 6.03. The third-order valence-corrected chi connectivity index (χ3v) is 2.87. The van der Waals surface area contributed by atoms with Gasteiger partial charge in [-0.3, -0.25) is 4.90 Å². The summed E-state index contributed by atoms with van der Waals surface area (Å²) in [6, 6.07) is 0.611. The van der Waals surface area contributed by atoms with Crippen molar-refractivity contribution in [1.82, 2.24) is 4.90 Å². The Hall–Kier alpha value is -0.380. The van der Waals surface area contributed by atoms with Crippen LogP contribution >= 0.6 is 0 Å². The first-order valence-electron chi connectivity index (χ1n) is 5.39. The summed E-state index contributed by atoms with van der Waals surface area (Å²) in [5, 5.41) is 0. The summed E-state index contributed by atoms with van der Waals surface area (Å²) in [4.78, 5) is 2.48. The SMILES string of the molecule is COCC1=CCN(C(C)CCN)CC1. The monoisotopic (exact) mass is 198 g/mol. The number of rotatable bonds is 5. The van der Waals surface area contributed by atoms with Crippen LogP contribution in [0.2, 0.25) is 0 Å². The molecular weight excluding hydrogens is 176 g/mol. The summed E-state index contributed by atoms with van der Waals surface area (Å²) in [7, 11) is 1.75. The van der Waals surface area contributed by atoms with E-state index < -0.39 is 0 Å². The molecule has 0 spiro atoms. The fourth-order valence-corrected chi connectivity index (χ4v) is 1.87. The molecule has 3 nitrogen and oxygen atoms in total. The van der Waals surface area contributed by atoms with Crippen LogP contribution < -0.4 is 5.73 Å². The molecular formula is C11H22N2O. The van der Waals surface area contributed by atoms with Crippen molar-refractivity contribution in [1.29, 1.82) is 0 Å². The maximum atomic E-state index is 5.55. The lowest BCUT2D eigenvalue weighted by Gasteiger charge is -2.31. The maximum absolute atomic E-state index is 5.55. The second-order valence-electron chi connectivity index (χ2n) is 3.97. The Kier molecular flexibility index (Phi) is 5.15. The number of ether oxygens (including phenoxy) is 1. The topological polar surface area (TPSA) is 38.5 Å². The van der Waals surface area contributed by atoms with Crippen LogP contribution in [0.25, 0.3) is 0 Å². The molecule has 1 atom stereocenters. The van der Waals surface area contributed by atoms with Gasteiger partial charge in [-0.1, -0.05) is 6.08 Å². The van der Waals surface area contributed by atoms with E-state index in [0.717, 1.165) is 39.1 Å². The van der Waals surface area contributed by atoms with Crippen LogP contribution in [0.3, 0.4) is 0 Å². The molecule has 0 aromatic carbocycles. The molecule has 0 aliphatic carbocycles. The largest absolute Gasteiger partial charge is 0.380 e. The predicted octanol–water partition coefficient (Wildman–Crippen LogP) is 1.00. The Labute approximate surface area is 86.9 Å². The van der Waals surface area contributed by atoms with Crippen LogP contribution in [0.15, 0.2) is 11.6 Å². The van der Waals surface area contributed by atoms with Crippen LogP contribution in [0.4, 0.5) is 0 Å². The zero-order valence-electron chi connectivity index (χ0n) is 9.33. The van der Waals surface area contributed by atoms with E-state index in [1.54, 1.807) is 7.11 Å². The first-order valence-corrected chi connectivity index (χ1v) is 5.39. The summed E-state index contributed by atoms with van der Waals surface area (Å²) in [5.74, 6) is 0. The van der Waals surface area contributed by atoms with Gasteiger partial charge < -0.3 is 10.5 Å². The molecule has 0 saturated heterocycles. The molecule has 3 heteroatoms. The van der Waals surface area contributed by atoms with Gasteiger partial charge in [-0.2, -0.15) is 0 Å². The van der Waals surface area contributed by atoms with Gasteiger partial charge in [0.25, 0.3) is 0 Å². The van der Waals surface area contributed by atoms with E-state index in [2.05, 4.69) is 17.9 Å². The predicted molar refractivity (Wildman–Crippen MR) is 59.3 cm³/mol. The number of hydrogen-bond acceptors (Lipinski definition) is 3. The molecule has 1 rings (SSSR count). The van der Waals surface area contributed by atoms with Crippen molar-refractivity contribution in [3.63, 3.8) is 0 Å². The maximum Gasteiger partial charge on any atom is 0.0673 e. The van der Waals surface area contributed by atoms with Crippen molar-refractivity contribution in [2.45, 2.75) is 25.8 Å². The number of nitrogens with zero attached hydrogens (tertiary/aromatic N) is 1. The average molecular weight is 198 g/mol. The minimum absolute atomic E-state index is 0.611. The molecule has 1 aliphatic rings.